The first-order valence-corrected chi connectivity index (χ1v) is 5.79. The minimum absolute atomic E-state index is 0.119. The Bertz CT molecular complexity index is 500. The third-order valence-electron chi connectivity index (χ3n) is 2.60. The highest BCUT2D eigenvalue weighted by Gasteiger charge is 2.33. The number of carbonyl (C=O) groups excluding carboxylic acids is 2. The van der Waals surface area contributed by atoms with Crippen LogP contribution in [0.25, 0.3) is 0 Å². The maximum atomic E-state index is 11.6. The summed E-state index contributed by atoms with van der Waals surface area (Å²) >= 11 is 3.36. The van der Waals surface area contributed by atoms with Gasteiger partial charge in [-0.25, -0.2) is 0 Å². The van der Waals surface area contributed by atoms with Crippen molar-refractivity contribution in [2.24, 2.45) is 0 Å². The van der Waals surface area contributed by atoms with Crippen LogP contribution in [-0.2, 0) is 10.2 Å². The van der Waals surface area contributed by atoms with E-state index in [1.165, 1.54) is 0 Å². The molecule has 0 bridgehead atoms. The van der Waals surface area contributed by atoms with E-state index < -0.39 is 11.7 Å². The topological polar surface area (TPSA) is 46.2 Å². The van der Waals surface area contributed by atoms with Crippen molar-refractivity contribution in [3.8, 4) is 0 Å². The summed E-state index contributed by atoms with van der Waals surface area (Å²) in [6.45, 7) is 6.14. The number of anilines is 1. The standard InChI is InChI=1S/C12H12BrNO2/c1-12(2,3)8-5-6(13)4-7-9(8)14-11(16)10(7)15/h4-5H,1-3H3,(H,14,15,16). The summed E-state index contributed by atoms with van der Waals surface area (Å²) in [5.41, 5.74) is 1.97. The van der Waals surface area contributed by atoms with Crippen molar-refractivity contribution in [3.63, 3.8) is 0 Å². The van der Waals surface area contributed by atoms with Crippen LogP contribution in [0.3, 0.4) is 0 Å². The minimum Gasteiger partial charge on any atom is -0.318 e. The number of carbonyl (C=O) groups is 2. The summed E-state index contributed by atoms with van der Waals surface area (Å²) in [4.78, 5) is 22.9. The molecule has 0 atom stereocenters. The van der Waals surface area contributed by atoms with Crippen molar-refractivity contribution >= 4 is 33.3 Å². The highest BCUT2D eigenvalue weighted by atomic mass is 79.9. The van der Waals surface area contributed by atoms with E-state index in [2.05, 4.69) is 21.2 Å². The van der Waals surface area contributed by atoms with E-state index >= 15 is 0 Å². The number of fused-ring (bicyclic) bond motifs is 1. The molecule has 1 aliphatic heterocycles. The highest BCUT2D eigenvalue weighted by molar-refractivity contribution is 9.10. The van der Waals surface area contributed by atoms with E-state index in [1.807, 2.05) is 26.8 Å². The zero-order chi connectivity index (χ0) is 12.1. The Morgan fingerprint density at radius 1 is 1.19 bits per heavy atom. The predicted octanol–water partition coefficient (Wildman–Crippen LogP) is 2.88. The lowest BCUT2D eigenvalue weighted by atomic mass is 9.85. The van der Waals surface area contributed by atoms with Crippen LogP contribution in [0.2, 0.25) is 0 Å². The van der Waals surface area contributed by atoms with E-state index in [4.69, 9.17) is 0 Å². The fourth-order valence-corrected chi connectivity index (χ4v) is 2.26. The lowest BCUT2D eigenvalue weighted by Crippen LogP contribution is -2.15. The second-order valence-electron chi connectivity index (χ2n) is 4.91. The third kappa shape index (κ3) is 1.67. The Morgan fingerprint density at radius 3 is 2.38 bits per heavy atom. The normalized spacial score (nSPS) is 15.0. The van der Waals surface area contributed by atoms with Gasteiger partial charge in [0.15, 0.2) is 0 Å². The molecular weight excluding hydrogens is 270 g/mol. The van der Waals surface area contributed by atoms with E-state index in [-0.39, 0.29) is 5.41 Å². The average molecular weight is 282 g/mol. The lowest BCUT2D eigenvalue weighted by molar-refractivity contribution is -0.112. The van der Waals surface area contributed by atoms with Crippen LogP contribution in [0.1, 0.15) is 36.7 Å². The summed E-state index contributed by atoms with van der Waals surface area (Å²) in [6.07, 6.45) is 0. The van der Waals surface area contributed by atoms with Crippen LogP contribution in [-0.4, -0.2) is 11.7 Å². The Morgan fingerprint density at radius 2 is 1.81 bits per heavy atom. The van der Waals surface area contributed by atoms with Gasteiger partial charge in [-0.1, -0.05) is 36.7 Å². The Hall–Kier alpha value is -1.16. The zero-order valence-electron chi connectivity index (χ0n) is 9.35. The van der Waals surface area contributed by atoms with E-state index in [0.29, 0.717) is 11.3 Å². The molecule has 1 N–H and O–H groups in total. The van der Waals surface area contributed by atoms with Gasteiger partial charge in [-0.3, -0.25) is 9.59 Å². The van der Waals surface area contributed by atoms with Crippen molar-refractivity contribution < 1.29 is 9.59 Å². The summed E-state index contributed by atoms with van der Waals surface area (Å²) in [7, 11) is 0. The van der Waals surface area contributed by atoms with Crippen LogP contribution in [0.5, 0.6) is 0 Å². The molecule has 0 unspecified atom stereocenters. The number of amides is 1. The molecule has 1 heterocycles. The smallest absolute Gasteiger partial charge is 0.296 e. The van der Waals surface area contributed by atoms with Gasteiger partial charge in [0.05, 0.1) is 11.3 Å². The Balaban J connectivity index is 2.72. The minimum atomic E-state index is -0.543. The zero-order valence-corrected chi connectivity index (χ0v) is 10.9. The van der Waals surface area contributed by atoms with Crippen LogP contribution in [0.15, 0.2) is 16.6 Å². The van der Waals surface area contributed by atoms with Gasteiger partial charge in [-0.05, 0) is 23.1 Å². The molecule has 0 saturated carbocycles. The number of rotatable bonds is 0. The van der Waals surface area contributed by atoms with E-state index in [0.717, 1.165) is 10.0 Å². The molecule has 1 aliphatic rings. The molecule has 1 aromatic carbocycles. The van der Waals surface area contributed by atoms with Gasteiger partial charge in [-0.15, -0.1) is 0 Å². The van der Waals surface area contributed by atoms with Crippen molar-refractivity contribution in [3.05, 3.63) is 27.7 Å². The molecule has 3 nitrogen and oxygen atoms in total. The second kappa shape index (κ2) is 3.42. The number of halogens is 1. The fraction of sp³-hybridized carbons (Fsp3) is 0.333. The Kier molecular flexibility index (Phi) is 2.42. The van der Waals surface area contributed by atoms with E-state index in [9.17, 15) is 9.59 Å². The van der Waals surface area contributed by atoms with Crippen molar-refractivity contribution in [2.45, 2.75) is 26.2 Å². The molecule has 1 aromatic rings. The monoisotopic (exact) mass is 281 g/mol. The molecule has 0 aromatic heterocycles. The van der Waals surface area contributed by atoms with Gasteiger partial charge in [0.1, 0.15) is 0 Å². The molecule has 0 fully saturated rings. The summed E-state index contributed by atoms with van der Waals surface area (Å²) in [5, 5.41) is 2.64. The molecule has 0 saturated heterocycles. The first-order valence-electron chi connectivity index (χ1n) is 5.00. The molecule has 0 radical (unpaired) electrons. The highest BCUT2D eigenvalue weighted by Crippen LogP contribution is 2.37. The first-order chi connectivity index (χ1) is 7.30. The maximum absolute atomic E-state index is 11.6. The van der Waals surface area contributed by atoms with Gasteiger partial charge >= 0.3 is 0 Å². The van der Waals surface area contributed by atoms with E-state index in [1.54, 1.807) is 6.07 Å². The SMILES string of the molecule is CC(C)(C)c1cc(Br)cc2c1NC(=O)C2=O. The first kappa shape index (κ1) is 11.3. The average Bonchev–Trinajstić information content (AvgIpc) is 2.42. The number of nitrogens with one attached hydrogen (secondary N) is 1. The molecule has 1 amide bonds. The second-order valence-corrected chi connectivity index (χ2v) is 5.82. The number of hydrogen-bond donors (Lipinski definition) is 1. The Labute approximate surface area is 102 Å². The molecule has 0 spiro atoms. The van der Waals surface area contributed by atoms with Gasteiger partial charge in [0.25, 0.3) is 11.7 Å². The van der Waals surface area contributed by atoms with Crippen molar-refractivity contribution in [1.29, 1.82) is 0 Å². The van der Waals surface area contributed by atoms with Crippen LogP contribution >= 0.6 is 15.9 Å². The van der Waals surface area contributed by atoms with Crippen molar-refractivity contribution in [2.75, 3.05) is 5.32 Å². The van der Waals surface area contributed by atoms with Gasteiger partial charge < -0.3 is 5.32 Å². The summed E-state index contributed by atoms with van der Waals surface area (Å²) in [5.74, 6) is -1.000. The van der Waals surface area contributed by atoms with Crippen LogP contribution in [0, 0.1) is 0 Å². The molecule has 0 aliphatic carbocycles. The fourth-order valence-electron chi connectivity index (χ4n) is 1.80. The molecular formula is C12H12BrNO2. The molecule has 4 heteroatoms. The van der Waals surface area contributed by atoms with Crippen LogP contribution < -0.4 is 5.32 Å². The van der Waals surface area contributed by atoms with Gasteiger partial charge in [0.2, 0.25) is 0 Å². The third-order valence-corrected chi connectivity index (χ3v) is 3.06. The van der Waals surface area contributed by atoms with Crippen molar-refractivity contribution in [1.82, 2.24) is 0 Å². The summed E-state index contributed by atoms with van der Waals surface area (Å²) in [6, 6.07) is 3.63. The largest absolute Gasteiger partial charge is 0.318 e. The lowest BCUT2D eigenvalue weighted by Gasteiger charge is -2.22. The number of benzene rings is 1. The molecule has 84 valence electrons. The number of Topliss-reactive ketones (excluding diaryl/α,β-unsaturated/α-hetero) is 1. The van der Waals surface area contributed by atoms with Gasteiger partial charge in [-0.2, -0.15) is 0 Å². The number of hydrogen-bond acceptors (Lipinski definition) is 2. The maximum Gasteiger partial charge on any atom is 0.296 e. The van der Waals surface area contributed by atoms with Crippen LogP contribution in [0.4, 0.5) is 5.69 Å². The molecule has 2 rings (SSSR count). The van der Waals surface area contributed by atoms with Gasteiger partial charge in [0, 0.05) is 4.47 Å². The number of ketones is 1. The summed E-state index contributed by atoms with van der Waals surface area (Å²) < 4.78 is 0.820. The molecule has 16 heavy (non-hydrogen) atoms. The quantitative estimate of drug-likeness (QED) is 0.744. The predicted molar refractivity (Wildman–Crippen MR) is 65.8 cm³/mol.